The van der Waals surface area contributed by atoms with Crippen LogP contribution in [0.25, 0.3) is 22.0 Å². The topological polar surface area (TPSA) is 56.5 Å². The van der Waals surface area contributed by atoms with Crippen LogP contribution in [-0.4, -0.2) is 24.4 Å². The first-order chi connectivity index (χ1) is 13.7. The van der Waals surface area contributed by atoms with Gasteiger partial charge in [0, 0.05) is 27.9 Å². The summed E-state index contributed by atoms with van der Waals surface area (Å²) in [6.07, 6.45) is 0. The fourth-order valence-corrected chi connectivity index (χ4v) is 5.20. The number of aromatic nitrogens is 5. The zero-order valence-corrected chi connectivity index (χ0v) is 18.0. The largest absolute Gasteiger partial charge is 0.302 e. The second-order valence-electron chi connectivity index (χ2n) is 5.86. The Labute approximate surface area is 180 Å². The van der Waals surface area contributed by atoms with Crippen molar-refractivity contribution in [2.45, 2.75) is 24.4 Å². The predicted molar refractivity (Wildman–Crippen MR) is 116 cm³/mol. The predicted octanol–water partition coefficient (Wildman–Crippen LogP) is 6.08. The minimum Gasteiger partial charge on any atom is -0.302 e. The third-order valence-corrected chi connectivity index (χ3v) is 6.60. The van der Waals surface area contributed by atoms with Crippen molar-refractivity contribution in [1.29, 1.82) is 0 Å². The Morgan fingerprint density at radius 1 is 0.964 bits per heavy atom. The van der Waals surface area contributed by atoms with E-state index in [9.17, 15) is 0 Å². The molecule has 0 spiro atoms. The highest BCUT2D eigenvalue weighted by molar-refractivity contribution is 7.98. The lowest BCUT2D eigenvalue weighted by molar-refractivity contribution is 0.688. The highest BCUT2D eigenvalue weighted by atomic mass is 35.5. The van der Waals surface area contributed by atoms with Gasteiger partial charge in [-0.15, -0.1) is 15.3 Å². The molecule has 0 fully saturated rings. The van der Waals surface area contributed by atoms with E-state index in [0.29, 0.717) is 15.8 Å². The van der Waals surface area contributed by atoms with Gasteiger partial charge in [-0.3, -0.25) is 0 Å². The summed E-state index contributed by atoms with van der Waals surface area (Å²) in [5.41, 5.74) is 2.72. The molecule has 2 aromatic heterocycles. The van der Waals surface area contributed by atoms with Crippen LogP contribution in [0.3, 0.4) is 0 Å². The molecule has 0 saturated heterocycles. The SMILES string of the molecule is CCn1c(SCc2c(Cl)cccc2Cl)nnc1-c1snnc1-c1ccccc1. The molecule has 0 bridgehead atoms. The Kier molecular flexibility index (Phi) is 5.96. The lowest BCUT2D eigenvalue weighted by atomic mass is 10.1. The number of nitrogens with zero attached hydrogens (tertiary/aromatic N) is 5. The Balaban J connectivity index is 1.65. The van der Waals surface area contributed by atoms with Crippen molar-refractivity contribution in [3.63, 3.8) is 0 Å². The molecule has 0 amide bonds. The molecule has 28 heavy (non-hydrogen) atoms. The summed E-state index contributed by atoms with van der Waals surface area (Å²) in [7, 11) is 0. The minimum atomic E-state index is 0.614. The number of benzene rings is 2. The second-order valence-corrected chi connectivity index (χ2v) is 8.37. The summed E-state index contributed by atoms with van der Waals surface area (Å²) in [5.74, 6) is 1.38. The molecule has 0 radical (unpaired) electrons. The second kappa shape index (κ2) is 8.61. The lowest BCUT2D eigenvalue weighted by Gasteiger charge is -2.08. The van der Waals surface area contributed by atoms with Crippen molar-refractivity contribution >= 4 is 46.5 Å². The van der Waals surface area contributed by atoms with E-state index in [1.54, 1.807) is 11.8 Å². The molecule has 0 aliphatic carbocycles. The first-order valence-corrected chi connectivity index (χ1v) is 11.1. The molecule has 4 aromatic rings. The van der Waals surface area contributed by atoms with E-state index in [1.807, 2.05) is 48.5 Å². The van der Waals surface area contributed by atoms with Crippen LogP contribution < -0.4 is 0 Å². The smallest absolute Gasteiger partial charge is 0.191 e. The van der Waals surface area contributed by atoms with E-state index in [2.05, 4.69) is 31.3 Å². The van der Waals surface area contributed by atoms with Gasteiger partial charge in [0.2, 0.25) is 0 Å². The number of hydrogen-bond donors (Lipinski definition) is 0. The minimum absolute atomic E-state index is 0.614. The summed E-state index contributed by atoms with van der Waals surface area (Å²) >= 11 is 15.5. The first kappa shape index (κ1) is 19.4. The Morgan fingerprint density at radius 2 is 1.71 bits per heavy atom. The first-order valence-electron chi connectivity index (χ1n) is 8.56. The summed E-state index contributed by atoms with van der Waals surface area (Å²) < 4.78 is 6.21. The average molecular weight is 448 g/mol. The van der Waals surface area contributed by atoms with Crippen molar-refractivity contribution in [3.05, 3.63) is 64.1 Å². The van der Waals surface area contributed by atoms with E-state index < -0.39 is 0 Å². The Bertz CT molecular complexity index is 1070. The fraction of sp³-hybridized carbons (Fsp3) is 0.158. The van der Waals surface area contributed by atoms with Gasteiger partial charge < -0.3 is 4.57 Å². The number of halogens is 2. The molecule has 0 aliphatic rings. The standard InChI is InChI=1S/C19H15Cl2N5S2/c1-2-26-18(17-16(22-25-28-17)12-7-4-3-5-8-12)23-24-19(26)27-11-13-14(20)9-6-10-15(13)21/h3-10H,2,11H2,1H3. The van der Waals surface area contributed by atoms with Gasteiger partial charge in [-0.1, -0.05) is 75.9 Å². The van der Waals surface area contributed by atoms with Gasteiger partial charge in [0.25, 0.3) is 0 Å². The van der Waals surface area contributed by atoms with Crippen LogP contribution in [0, 0.1) is 0 Å². The molecular weight excluding hydrogens is 433 g/mol. The molecule has 0 N–H and O–H groups in total. The molecule has 2 heterocycles. The third-order valence-electron chi connectivity index (χ3n) is 4.18. The zero-order chi connectivity index (χ0) is 19.5. The molecule has 0 saturated carbocycles. The number of hydrogen-bond acceptors (Lipinski definition) is 6. The van der Waals surface area contributed by atoms with E-state index >= 15 is 0 Å². The van der Waals surface area contributed by atoms with Crippen molar-refractivity contribution < 1.29 is 0 Å². The number of thioether (sulfide) groups is 1. The van der Waals surface area contributed by atoms with E-state index in [1.165, 1.54) is 11.5 Å². The molecule has 4 rings (SSSR count). The molecule has 0 aliphatic heterocycles. The van der Waals surface area contributed by atoms with Crippen molar-refractivity contribution in [2.75, 3.05) is 0 Å². The van der Waals surface area contributed by atoms with Gasteiger partial charge in [-0.05, 0) is 36.2 Å². The Morgan fingerprint density at radius 3 is 2.43 bits per heavy atom. The zero-order valence-electron chi connectivity index (χ0n) is 14.8. The van der Waals surface area contributed by atoms with Crippen LogP contribution in [0.4, 0.5) is 0 Å². The van der Waals surface area contributed by atoms with Crippen LogP contribution in [0.5, 0.6) is 0 Å². The highest BCUT2D eigenvalue weighted by Crippen LogP contribution is 2.35. The molecule has 0 unspecified atom stereocenters. The van der Waals surface area contributed by atoms with Gasteiger partial charge in [0.05, 0.1) is 0 Å². The highest BCUT2D eigenvalue weighted by Gasteiger charge is 2.21. The van der Waals surface area contributed by atoms with Crippen LogP contribution in [0.1, 0.15) is 12.5 Å². The van der Waals surface area contributed by atoms with Gasteiger partial charge in [-0.2, -0.15) is 0 Å². The van der Waals surface area contributed by atoms with Gasteiger partial charge in [-0.25, -0.2) is 0 Å². The van der Waals surface area contributed by atoms with Gasteiger partial charge >= 0.3 is 0 Å². The third kappa shape index (κ3) is 3.80. The maximum Gasteiger partial charge on any atom is 0.191 e. The summed E-state index contributed by atoms with van der Waals surface area (Å²) in [4.78, 5) is 0.906. The van der Waals surface area contributed by atoms with Crippen LogP contribution in [0.15, 0.2) is 53.7 Å². The molecule has 2 aromatic carbocycles. The van der Waals surface area contributed by atoms with Gasteiger partial charge in [0.15, 0.2) is 11.0 Å². The van der Waals surface area contributed by atoms with Crippen molar-refractivity contribution in [2.24, 2.45) is 0 Å². The monoisotopic (exact) mass is 447 g/mol. The summed E-state index contributed by atoms with van der Waals surface area (Å²) in [6, 6.07) is 15.5. The summed E-state index contributed by atoms with van der Waals surface area (Å²) in [5, 5.41) is 15.2. The number of rotatable bonds is 6. The average Bonchev–Trinajstić information content (AvgIpc) is 3.34. The van der Waals surface area contributed by atoms with Gasteiger partial charge in [0.1, 0.15) is 10.6 Å². The molecule has 0 atom stereocenters. The molecule has 9 heteroatoms. The summed E-state index contributed by atoms with van der Waals surface area (Å²) in [6.45, 7) is 2.79. The Hall–Kier alpha value is -1.93. The fourth-order valence-electron chi connectivity index (χ4n) is 2.78. The van der Waals surface area contributed by atoms with Crippen LogP contribution >= 0.6 is 46.5 Å². The van der Waals surface area contributed by atoms with Crippen molar-refractivity contribution in [1.82, 2.24) is 24.4 Å². The van der Waals surface area contributed by atoms with E-state index in [-0.39, 0.29) is 0 Å². The van der Waals surface area contributed by atoms with Crippen LogP contribution in [-0.2, 0) is 12.3 Å². The normalized spacial score (nSPS) is 11.1. The maximum atomic E-state index is 6.29. The molecule has 142 valence electrons. The molecular formula is C19H15Cl2N5S2. The van der Waals surface area contributed by atoms with E-state index in [0.717, 1.165) is 39.2 Å². The maximum absolute atomic E-state index is 6.29. The van der Waals surface area contributed by atoms with E-state index in [4.69, 9.17) is 23.2 Å². The van der Waals surface area contributed by atoms with Crippen molar-refractivity contribution in [3.8, 4) is 22.0 Å². The quantitative estimate of drug-likeness (QED) is 0.335. The lowest BCUT2D eigenvalue weighted by Crippen LogP contribution is -2.00. The molecule has 5 nitrogen and oxygen atoms in total. The van der Waals surface area contributed by atoms with Crippen LogP contribution in [0.2, 0.25) is 10.0 Å².